The average molecular weight is 236 g/mol. The molecule has 0 aromatic carbocycles. The predicted molar refractivity (Wildman–Crippen MR) is 70.7 cm³/mol. The van der Waals surface area contributed by atoms with Gasteiger partial charge in [-0.25, -0.2) is 0 Å². The van der Waals surface area contributed by atoms with Crippen molar-refractivity contribution in [1.82, 2.24) is 10.3 Å². The van der Waals surface area contributed by atoms with Gasteiger partial charge in [0, 0.05) is 13.2 Å². The Labute approximate surface area is 105 Å². The normalized spacial score (nSPS) is 11.1. The minimum atomic E-state index is 0.618. The zero-order valence-electron chi connectivity index (χ0n) is 11.2. The Morgan fingerprint density at radius 3 is 2.76 bits per heavy atom. The fraction of sp³-hybridized carbons (Fsp3) is 0.643. The molecule has 0 saturated carbocycles. The van der Waals surface area contributed by atoms with E-state index in [1.54, 1.807) is 0 Å². The number of nitrogens with zero attached hydrogens (tertiary/aromatic N) is 1. The van der Waals surface area contributed by atoms with Crippen LogP contribution in [0.5, 0.6) is 0 Å². The van der Waals surface area contributed by atoms with Crippen molar-refractivity contribution in [3.05, 3.63) is 29.6 Å². The van der Waals surface area contributed by atoms with E-state index in [0.29, 0.717) is 12.5 Å². The molecule has 1 heterocycles. The summed E-state index contributed by atoms with van der Waals surface area (Å²) in [7, 11) is 0. The SMILES string of the molecule is CCNCc1cccc(COCCC(C)C)n1. The third-order valence-corrected chi connectivity index (χ3v) is 2.51. The molecule has 17 heavy (non-hydrogen) atoms. The Bertz CT molecular complexity index is 313. The molecule has 1 N–H and O–H groups in total. The van der Waals surface area contributed by atoms with Gasteiger partial charge >= 0.3 is 0 Å². The number of aromatic nitrogens is 1. The van der Waals surface area contributed by atoms with Crippen LogP contribution in [-0.4, -0.2) is 18.1 Å². The lowest BCUT2D eigenvalue weighted by atomic mass is 10.1. The van der Waals surface area contributed by atoms with Crippen molar-refractivity contribution in [3.8, 4) is 0 Å². The van der Waals surface area contributed by atoms with Gasteiger partial charge in [-0.3, -0.25) is 4.98 Å². The molecule has 1 rings (SSSR count). The number of pyridine rings is 1. The first-order chi connectivity index (χ1) is 8.22. The van der Waals surface area contributed by atoms with E-state index < -0.39 is 0 Å². The number of hydrogen-bond acceptors (Lipinski definition) is 3. The van der Waals surface area contributed by atoms with E-state index in [-0.39, 0.29) is 0 Å². The van der Waals surface area contributed by atoms with Crippen molar-refractivity contribution in [2.75, 3.05) is 13.2 Å². The molecule has 3 heteroatoms. The van der Waals surface area contributed by atoms with Crippen LogP contribution in [0.15, 0.2) is 18.2 Å². The highest BCUT2D eigenvalue weighted by atomic mass is 16.5. The Morgan fingerprint density at radius 2 is 2.06 bits per heavy atom. The first kappa shape index (κ1) is 14.1. The summed E-state index contributed by atoms with van der Waals surface area (Å²) in [5.74, 6) is 0.697. The van der Waals surface area contributed by atoms with E-state index in [9.17, 15) is 0 Å². The van der Waals surface area contributed by atoms with Gasteiger partial charge in [-0.2, -0.15) is 0 Å². The lowest BCUT2D eigenvalue weighted by Crippen LogP contribution is -2.13. The van der Waals surface area contributed by atoms with Gasteiger partial charge in [0.05, 0.1) is 18.0 Å². The summed E-state index contributed by atoms with van der Waals surface area (Å²) < 4.78 is 5.61. The van der Waals surface area contributed by atoms with Crippen molar-refractivity contribution in [2.24, 2.45) is 5.92 Å². The highest BCUT2D eigenvalue weighted by Gasteiger charge is 1.99. The van der Waals surface area contributed by atoms with Gasteiger partial charge in [0.1, 0.15) is 0 Å². The summed E-state index contributed by atoms with van der Waals surface area (Å²) in [5, 5.41) is 3.27. The molecular weight excluding hydrogens is 212 g/mol. The minimum absolute atomic E-state index is 0.618. The Kier molecular flexibility index (Phi) is 6.82. The van der Waals surface area contributed by atoms with E-state index >= 15 is 0 Å². The maximum absolute atomic E-state index is 5.61. The Morgan fingerprint density at radius 1 is 1.29 bits per heavy atom. The average Bonchev–Trinajstić information content (AvgIpc) is 2.32. The van der Waals surface area contributed by atoms with Crippen LogP contribution in [0.2, 0.25) is 0 Å². The molecule has 0 spiro atoms. The summed E-state index contributed by atoms with van der Waals surface area (Å²) in [6.45, 7) is 9.74. The summed E-state index contributed by atoms with van der Waals surface area (Å²) in [4.78, 5) is 4.54. The standard InChI is InChI=1S/C14H24N2O/c1-4-15-10-13-6-5-7-14(16-13)11-17-9-8-12(2)3/h5-7,12,15H,4,8-11H2,1-3H3. The quantitative estimate of drug-likeness (QED) is 0.705. The number of hydrogen-bond donors (Lipinski definition) is 1. The number of ether oxygens (including phenoxy) is 1. The van der Waals surface area contributed by atoms with E-state index in [0.717, 1.165) is 37.5 Å². The second-order valence-corrected chi connectivity index (χ2v) is 4.64. The van der Waals surface area contributed by atoms with Crippen molar-refractivity contribution < 1.29 is 4.74 Å². The van der Waals surface area contributed by atoms with E-state index in [1.165, 1.54) is 0 Å². The van der Waals surface area contributed by atoms with Crippen LogP contribution >= 0.6 is 0 Å². The number of rotatable bonds is 8. The summed E-state index contributed by atoms with van der Waals surface area (Å²) in [6, 6.07) is 6.10. The first-order valence-corrected chi connectivity index (χ1v) is 6.45. The molecule has 0 aliphatic rings. The molecule has 1 aromatic rings. The van der Waals surface area contributed by atoms with E-state index in [4.69, 9.17) is 4.74 Å². The molecule has 1 aromatic heterocycles. The monoisotopic (exact) mass is 236 g/mol. The van der Waals surface area contributed by atoms with Gasteiger partial charge in [0.15, 0.2) is 0 Å². The van der Waals surface area contributed by atoms with Crippen LogP contribution in [-0.2, 0) is 17.9 Å². The molecule has 0 bridgehead atoms. The fourth-order valence-electron chi connectivity index (χ4n) is 1.46. The first-order valence-electron chi connectivity index (χ1n) is 6.45. The maximum atomic E-state index is 5.61. The summed E-state index contributed by atoms with van der Waals surface area (Å²) >= 11 is 0. The largest absolute Gasteiger partial charge is 0.375 e. The van der Waals surface area contributed by atoms with E-state index in [2.05, 4.69) is 31.1 Å². The molecule has 0 fully saturated rings. The highest BCUT2D eigenvalue weighted by molar-refractivity contribution is 5.10. The minimum Gasteiger partial charge on any atom is -0.375 e. The second kappa shape index (κ2) is 8.20. The second-order valence-electron chi connectivity index (χ2n) is 4.64. The van der Waals surface area contributed by atoms with Crippen LogP contribution in [0, 0.1) is 5.92 Å². The maximum Gasteiger partial charge on any atom is 0.0887 e. The Hall–Kier alpha value is -0.930. The number of nitrogens with one attached hydrogen (secondary N) is 1. The van der Waals surface area contributed by atoms with Gasteiger partial charge in [0.2, 0.25) is 0 Å². The van der Waals surface area contributed by atoms with Crippen molar-refractivity contribution in [1.29, 1.82) is 0 Å². The highest BCUT2D eigenvalue weighted by Crippen LogP contribution is 2.04. The molecule has 0 amide bonds. The smallest absolute Gasteiger partial charge is 0.0887 e. The zero-order chi connectivity index (χ0) is 12.5. The van der Waals surface area contributed by atoms with E-state index in [1.807, 2.05) is 18.2 Å². The van der Waals surface area contributed by atoms with Crippen LogP contribution in [0.1, 0.15) is 38.6 Å². The molecule has 0 aliphatic carbocycles. The molecule has 0 aliphatic heterocycles. The molecular formula is C14H24N2O. The molecule has 0 unspecified atom stereocenters. The molecule has 0 atom stereocenters. The van der Waals surface area contributed by atoms with Gasteiger partial charge in [-0.05, 0) is 31.0 Å². The van der Waals surface area contributed by atoms with Gasteiger partial charge in [0.25, 0.3) is 0 Å². The lowest BCUT2D eigenvalue weighted by molar-refractivity contribution is 0.108. The summed E-state index contributed by atoms with van der Waals surface area (Å²) in [5.41, 5.74) is 2.10. The molecule has 0 radical (unpaired) electrons. The topological polar surface area (TPSA) is 34.1 Å². The van der Waals surface area contributed by atoms with Crippen LogP contribution in [0.3, 0.4) is 0 Å². The van der Waals surface area contributed by atoms with Gasteiger partial charge < -0.3 is 10.1 Å². The zero-order valence-corrected chi connectivity index (χ0v) is 11.2. The molecule has 0 saturated heterocycles. The summed E-state index contributed by atoms with van der Waals surface area (Å²) in [6.07, 6.45) is 1.11. The van der Waals surface area contributed by atoms with Crippen LogP contribution in [0.4, 0.5) is 0 Å². The lowest BCUT2D eigenvalue weighted by Gasteiger charge is -2.07. The third kappa shape index (κ3) is 6.39. The van der Waals surface area contributed by atoms with Gasteiger partial charge in [-0.1, -0.05) is 26.8 Å². The van der Waals surface area contributed by atoms with Gasteiger partial charge in [-0.15, -0.1) is 0 Å². The predicted octanol–water partition coefficient (Wildman–Crippen LogP) is 2.75. The molecule has 3 nitrogen and oxygen atoms in total. The third-order valence-electron chi connectivity index (χ3n) is 2.51. The van der Waals surface area contributed by atoms with Crippen LogP contribution in [0.25, 0.3) is 0 Å². The van der Waals surface area contributed by atoms with Crippen molar-refractivity contribution in [3.63, 3.8) is 0 Å². The van der Waals surface area contributed by atoms with Crippen molar-refractivity contribution >= 4 is 0 Å². The van der Waals surface area contributed by atoms with Crippen molar-refractivity contribution in [2.45, 2.75) is 40.3 Å². The molecule has 96 valence electrons. The van der Waals surface area contributed by atoms with Crippen LogP contribution < -0.4 is 5.32 Å². The Balaban J connectivity index is 2.32. The fourth-order valence-corrected chi connectivity index (χ4v) is 1.46.